The lowest BCUT2D eigenvalue weighted by Gasteiger charge is -2.26. The first-order valence-electron chi connectivity index (χ1n) is 10.2. The molecule has 0 spiro atoms. The lowest BCUT2D eigenvalue weighted by molar-refractivity contribution is -0.129. The number of guanidine groups is 1. The Morgan fingerprint density at radius 3 is 2.14 bits per heavy atom. The molecule has 9 nitrogen and oxygen atoms in total. The van der Waals surface area contributed by atoms with Gasteiger partial charge in [0.1, 0.15) is 23.0 Å². The van der Waals surface area contributed by atoms with Crippen LogP contribution in [-0.4, -0.2) is 43.9 Å². The molecule has 0 saturated carbocycles. The summed E-state index contributed by atoms with van der Waals surface area (Å²) in [6, 6.07) is 20.3. The van der Waals surface area contributed by atoms with Crippen molar-refractivity contribution in [2.75, 3.05) is 14.2 Å². The van der Waals surface area contributed by atoms with Gasteiger partial charge >= 0.3 is 0 Å². The highest BCUT2D eigenvalue weighted by molar-refractivity contribution is 7.85. The van der Waals surface area contributed by atoms with E-state index in [1.165, 1.54) is 24.1 Å². The summed E-state index contributed by atoms with van der Waals surface area (Å²) in [5, 5.41) is 0. The Morgan fingerprint density at radius 2 is 1.57 bits per heavy atom. The van der Waals surface area contributed by atoms with Crippen molar-refractivity contribution in [3.63, 3.8) is 0 Å². The average molecular weight is 518 g/mol. The van der Waals surface area contributed by atoms with Gasteiger partial charge in [-0.05, 0) is 41.0 Å². The number of nitrogens with zero attached hydrogens (tertiary/aromatic N) is 2. The zero-order valence-corrected chi connectivity index (χ0v) is 20.5. The number of carbonyl (C=O) groups excluding carboxylic acids is 1. The largest absolute Gasteiger partial charge is 0.497 e. The van der Waals surface area contributed by atoms with Crippen molar-refractivity contribution in [2.24, 2.45) is 10.7 Å². The number of hydrogen-bond acceptors (Lipinski definition) is 7. The predicted octanol–water partition coefficient (Wildman–Crippen LogP) is 3.33. The topological polar surface area (TPSA) is 132 Å². The highest BCUT2D eigenvalue weighted by Crippen LogP contribution is 2.41. The number of aliphatic imine (C=N–C) groups is 1. The molecule has 1 unspecified atom stereocenters. The molecule has 11 heteroatoms. The summed E-state index contributed by atoms with van der Waals surface area (Å²) in [5.74, 6) is 0.808. The molecule has 0 fully saturated rings. The molecule has 3 aromatic rings. The molecule has 3 N–H and O–H groups in total. The molecular formula is C24H24ClN3O6S. The van der Waals surface area contributed by atoms with Crippen LogP contribution in [0.4, 0.5) is 0 Å². The first-order valence-corrected chi connectivity index (χ1v) is 11.8. The normalized spacial score (nSPS) is 17.5. The molecule has 1 atom stereocenters. The molecule has 0 bridgehead atoms. The van der Waals surface area contributed by atoms with Gasteiger partial charge in [-0.3, -0.25) is 14.2 Å². The summed E-state index contributed by atoms with van der Waals surface area (Å²) in [6.07, 6.45) is 0. The number of methoxy groups -OCH3 is 1. The summed E-state index contributed by atoms with van der Waals surface area (Å²) in [4.78, 5) is 19.2. The maximum absolute atomic E-state index is 13.4. The van der Waals surface area contributed by atoms with Gasteiger partial charge in [0.15, 0.2) is 11.5 Å². The number of amides is 1. The molecule has 0 aromatic heterocycles. The minimum atomic E-state index is -4.19. The van der Waals surface area contributed by atoms with Crippen molar-refractivity contribution < 1.29 is 27.2 Å². The second-order valence-corrected chi connectivity index (χ2v) is 9.23. The van der Waals surface area contributed by atoms with E-state index in [1.807, 2.05) is 0 Å². The summed E-state index contributed by atoms with van der Waals surface area (Å²) < 4.78 is 42.8. The molecule has 0 saturated heterocycles. The van der Waals surface area contributed by atoms with E-state index in [-0.39, 0.29) is 24.3 Å². The van der Waals surface area contributed by atoms with E-state index in [0.717, 1.165) is 0 Å². The van der Waals surface area contributed by atoms with Crippen LogP contribution in [-0.2, 0) is 26.2 Å². The van der Waals surface area contributed by atoms with Crippen LogP contribution in [0.5, 0.6) is 17.2 Å². The Kier molecular flexibility index (Phi) is 7.39. The van der Waals surface area contributed by atoms with E-state index < -0.39 is 21.4 Å². The zero-order chi connectivity index (χ0) is 24.5. The number of nitrogens with two attached hydrogens (primary N) is 1. The number of hydrogen-bond donors (Lipinski definition) is 2. The van der Waals surface area contributed by atoms with Gasteiger partial charge in [0.2, 0.25) is 0 Å². The number of benzene rings is 3. The van der Waals surface area contributed by atoms with Crippen molar-refractivity contribution in [1.29, 1.82) is 0 Å². The molecular weight excluding hydrogens is 494 g/mol. The van der Waals surface area contributed by atoms with Crippen LogP contribution in [0.2, 0.25) is 0 Å². The summed E-state index contributed by atoms with van der Waals surface area (Å²) in [6.45, 7) is 0. The van der Waals surface area contributed by atoms with E-state index in [2.05, 4.69) is 4.99 Å². The summed E-state index contributed by atoms with van der Waals surface area (Å²) >= 11 is 0. The lowest BCUT2D eigenvalue weighted by Crippen LogP contribution is -2.41. The number of carbonyl (C=O) groups is 1. The highest BCUT2D eigenvalue weighted by atomic mass is 35.5. The monoisotopic (exact) mass is 517 g/mol. The third kappa shape index (κ3) is 5.24. The molecule has 0 aliphatic carbocycles. The maximum Gasteiger partial charge on any atom is 0.269 e. The Labute approximate surface area is 209 Å². The predicted molar refractivity (Wildman–Crippen MR) is 134 cm³/mol. The van der Waals surface area contributed by atoms with Gasteiger partial charge in [0.05, 0.1) is 7.11 Å². The van der Waals surface area contributed by atoms with Crippen LogP contribution in [0.25, 0.3) is 0 Å². The molecule has 35 heavy (non-hydrogen) atoms. The van der Waals surface area contributed by atoms with Crippen LogP contribution < -0.4 is 15.2 Å². The SMILES string of the molecule is COc1cccc(Oc2cccc(C3(c4ccc(CS(=O)(=O)O)cc4)N=C(N)N(C)C3=O)c2)c1.Cl. The molecule has 1 heterocycles. The van der Waals surface area contributed by atoms with Gasteiger partial charge in [-0.15, -0.1) is 12.4 Å². The second kappa shape index (κ2) is 9.95. The fourth-order valence-corrected chi connectivity index (χ4v) is 4.44. The van der Waals surface area contributed by atoms with Crippen LogP contribution in [0.1, 0.15) is 16.7 Å². The van der Waals surface area contributed by atoms with Crippen molar-refractivity contribution in [2.45, 2.75) is 11.3 Å². The fourth-order valence-electron chi connectivity index (χ4n) is 3.82. The summed E-state index contributed by atoms with van der Waals surface area (Å²) in [7, 11) is -1.09. The number of likely N-dealkylation sites (N-methyl/N-ethyl adjacent to an activating group) is 1. The van der Waals surface area contributed by atoms with Crippen molar-refractivity contribution in [3.05, 3.63) is 89.5 Å². The van der Waals surface area contributed by atoms with Crippen LogP contribution in [0.15, 0.2) is 77.8 Å². The highest BCUT2D eigenvalue weighted by Gasteiger charge is 2.49. The second-order valence-electron chi connectivity index (χ2n) is 7.78. The van der Waals surface area contributed by atoms with Gasteiger partial charge in [-0.25, -0.2) is 4.99 Å². The minimum absolute atomic E-state index is 0. The van der Waals surface area contributed by atoms with Gasteiger partial charge in [-0.1, -0.05) is 42.5 Å². The van der Waals surface area contributed by atoms with E-state index in [1.54, 1.807) is 67.8 Å². The fraction of sp³-hybridized carbons (Fsp3) is 0.167. The number of rotatable bonds is 7. The quantitative estimate of drug-likeness (QED) is 0.459. The van der Waals surface area contributed by atoms with Crippen molar-refractivity contribution >= 4 is 34.4 Å². The molecule has 3 aromatic carbocycles. The summed E-state index contributed by atoms with van der Waals surface area (Å²) in [5.41, 5.74) is 5.92. The van der Waals surface area contributed by atoms with E-state index in [4.69, 9.17) is 19.8 Å². The third-order valence-corrected chi connectivity index (χ3v) is 6.19. The van der Waals surface area contributed by atoms with Crippen LogP contribution in [0.3, 0.4) is 0 Å². The van der Waals surface area contributed by atoms with Gasteiger partial charge in [0, 0.05) is 13.1 Å². The standard InChI is InChI=1S/C24H23N3O6S.ClH/c1-27-22(28)24(26-23(27)25,17-11-9-16(10-12-17)15-34(29,30)31)18-5-3-7-20(13-18)33-21-8-4-6-19(14-21)32-2;/h3-14H,15H2,1-2H3,(H2,25,26)(H,29,30,31);1H. The number of ether oxygens (including phenoxy) is 2. The van der Waals surface area contributed by atoms with Crippen LogP contribution in [0, 0.1) is 0 Å². The Hall–Kier alpha value is -3.60. The molecule has 184 valence electrons. The van der Waals surface area contributed by atoms with E-state index in [0.29, 0.717) is 33.9 Å². The zero-order valence-electron chi connectivity index (χ0n) is 18.9. The molecule has 1 aliphatic heterocycles. The van der Waals surface area contributed by atoms with Gasteiger partial charge < -0.3 is 15.2 Å². The van der Waals surface area contributed by atoms with Crippen molar-refractivity contribution in [1.82, 2.24) is 4.90 Å². The first kappa shape index (κ1) is 26.0. The van der Waals surface area contributed by atoms with E-state index in [9.17, 15) is 13.2 Å². The molecule has 0 radical (unpaired) electrons. The smallest absolute Gasteiger partial charge is 0.269 e. The Morgan fingerprint density at radius 1 is 0.971 bits per heavy atom. The minimum Gasteiger partial charge on any atom is -0.497 e. The van der Waals surface area contributed by atoms with Crippen LogP contribution >= 0.6 is 12.4 Å². The molecule has 1 aliphatic rings. The van der Waals surface area contributed by atoms with E-state index >= 15 is 0 Å². The number of halogens is 1. The Balaban J connectivity index is 0.00000342. The average Bonchev–Trinajstić information content (AvgIpc) is 3.03. The first-order chi connectivity index (χ1) is 16.1. The maximum atomic E-state index is 13.4. The lowest BCUT2D eigenvalue weighted by atomic mass is 9.82. The van der Waals surface area contributed by atoms with Gasteiger partial charge in [0.25, 0.3) is 16.0 Å². The third-order valence-electron chi connectivity index (χ3n) is 5.49. The molecule has 4 rings (SSSR count). The Bertz CT molecular complexity index is 1380. The van der Waals surface area contributed by atoms with Gasteiger partial charge in [-0.2, -0.15) is 8.42 Å². The molecule has 1 amide bonds. The van der Waals surface area contributed by atoms with Crippen molar-refractivity contribution in [3.8, 4) is 17.2 Å².